The van der Waals surface area contributed by atoms with Crippen LogP contribution in [0.3, 0.4) is 0 Å². The number of thiazole rings is 1. The Labute approximate surface area is 249 Å². The summed E-state index contributed by atoms with van der Waals surface area (Å²) in [6.07, 6.45) is 3.88. The summed E-state index contributed by atoms with van der Waals surface area (Å²) in [5, 5.41) is 7.08. The molecule has 1 aromatic heterocycles. The van der Waals surface area contributed by atoms with Crippen molar-refractivity contribution in [3.8, 4) is 0 Å². The first-order chi connectivity index (χ1) is 20.2. The van der Waals surface area contributed by atoms with Crippen molar-refractivity contribution in [1.29, 1.82) is 0 Å². The van der Waals surface area contributed by atoms with Gasteiger partial charge in [-0.2, -0.15) is 0 Å². The average molecular weight is 620 g/mol. The molecule has 42 heavy (non-hydrogen) atoms. The summed E-state index contributed by atoms with van der Waals surface area (Å²) in [4.78, 5) is 41.2. The highest BCUT2D eigenvalue weighted by molar-refractivity contribution is 7.92. The first kappa shape index (κ1) is 30.5. The van der Waals surface area contributed by atoms with Gasteiger partial charge in [-0.15, -0.1) is 11.3 Å². The van der Waals surface area contributed by atoms with E-state index in [4.69, 9.17) is 14.3 Å². The number of carbonyl (C=O) groups is 2. The summed E-state index contributed by atoms with van der Waals surface area (Å²) in [6, 6.07) is 6.27. The Bertz CT molecular complexity index is 1390. The van der Waals surface area contributed by atoms with E-state index in [9.17, 15) is 18.0 Å². The maximum atomic E-state index is 13.4. The van der Waals surface area contributed by atoms with Gasteiger partial charge >= 0.3 is 0 Å². The highest BCUT2D eigenvalue weighted by atomic mass is 32.2. The van der Waals surface area contributed by atoms with Gasteiger partial charge in [-0.25, -0.2) is 13.4 Å². The Balaban J connectivity index is 1.22. The van der Waals surface area contributed by atoms with Gasteiger partial charge < -0.3 is 19.2 Å². The largest absolute Gasteiger partial charge is 0.389 e. The van der Waals surface area contributed by atoms with Crippen LogP contribution in [-0.4, -0.2) is 105 Å². The Morgan fingerprint density at radius 1 is 1.19 bits per heavy atom. The van der Waals surface area contributed by atoms with Gasteiger partial charge in [0.15, 0.2) is 26.8 Å². The molecule has 0 spiro atoms. The van der Waals surface area contributed by atoms with Crippen LogP contribution >= 0.6 is 11.3 Å². The zero-order chi connectivity index (χ0) is 29.7. The number of aromatic nitrogens is 1. The maximum Gasteiger partial charge on any atom is 0.280 e. The highest BCUT2D eigenvalue weighted by Gasteiger charge is 2.37. The Hall–Kier alpha value is -2.91. The minimum atomic E-state index is -3.35. The summed E-state index contributed by atoms with van der Waals surface area (Å²) in [7, 11) is -1.76. The molecular weight excluding hydrogens is 582 g/mol. The van der Waals surface area contributed by atoms with E-state index in [2.05, 4.69) is 20.4 Å². The van der Waals surface area contributed by atoms with Gasteiger partial charge in [0.05, 0.1) is 36.4 Å². The van der Waals surface area contributed by atoms with Crippen molar-refractivity contribution >= 4 is 43.8 Å². The van der Waals surface area contributed by atoms with Crippen molar-refractivity contribution in [2.75, 3.05) is 51.9 Å². The predicted octanol–water partition coefficient (Wildman–Crippen LogP) is 2.30. The predicted molar refractivity (Wildman–Crippen MR) is 157 cm³/mol. The molecule has 3 heterocycles. The molecule has 1 aliphatic carbocycles. The number of nitrogens with one attached hydrogen (secondary N) is 1. The SMILES string of the molecule is COCCC(=O)N1CCN(Cc2cnc(NC(=O)C(=NO[C@@H]3CCOC3)c3ccc(S(=O)(=O)C4CC4)cc3)s2)C[C@@H]1C. The molecule has 3 fully saturated rings. The second kappa shape index (κ2) is 13.6. The molecule has 2 saturated heterocycles. The number of hydrogen-bond acceptors (Lipinski definition) is 11. The molecule has 2 aromatic rings. The smallest absolute Gasteiger partial charge is 0.280 e. The van der Waals surface area contributed by atoms with Crippen molar-refractivity contribution in [1.82, 2.24) is 14.8 Å². The number of piperazine rings is 1. The number of oxime groups is 1. The van der Waals surface area contributed by atoms with E-state index in [-0.39, 0.29) is 33.9 Å². The number of methoxy groups -OCH3 is 1. The van der Waals surface area contributed by atoms with E-state index in [0.29, 0.717) is 69.3 Å². The van der Waals surface area contributed by atoms with Crippen LogP contribution in [0, 0.1) is 0 Å². The van der Waals surface area contributed by atoms with Crippen LogP contribution in [0.25, 0.3) is 0 Å². The van der Waals surface area contributed by atoms with Crippen LogP contribution in [0.5, 0.6) is 0 Å². The average Bonchev–Trinajstić information content (AvgIpc) is 3.56. The van der Waals surface area contributed by atoms with Gasteiger partial charge in [-0.05, 0) is 31.9 Å². The van der Waals surface area contributed by atoms with Gasteiger partial charge in [0.25, 0.3) is 5.91 Å². The molecular formula is C28H37N5O7S2. The van der Waals surface area contributed by atoms with Crippen LogP contribution in [0.2, 0.25) is 0 Å². The number of hydrogen-bond donors (Lipinski definition) is 1. The lowest BCUT2D eigenvalue weighted by Crippen LogP contribution is -2.53. The third kappa shape index (κ3) is 7.53. The van der Waals surface area contributed by atoms with Crippen LogP contribution in [0.4, 0.5) is 5.13 Å². The molecule has 12 nitrogen and oxygen atoms in total. The molecule has 14 heteroatoms. The van der Waals surface area contributed by atoms with Gasteiger partial charge in [0.2, 0.25) is 5.91 Å². The molecule has 0 unspecified atom stereocenters. The maximum absolute atomic E-state index is 13.4. The molecule has 0 radical (unpaired) electrons. The Kier molecular flexibility index (Phi) is 9.88. The number of carbonyl (C=O) groups excluding carboxylic acids is 2. The van der Waals surface area contributed by atoms with Crippen molar-refractivity contribution in [2.45, 2.75) is 61.4 Å². The summed E-state index contributed by atoms with van der Waals surface area (Å²) >= 11 is 1.37. The number of ether oxygens (including phenoxy) is 2. The van der Waals surface area contributed by atoms with Crippen molar-refractivity contribution in [3.63, 3.8) is 0 Å². The van der Waals surface area contributed by atoms with Crippen molar-refractivity contribution in [2.24, 2.45) is 5.16 Å². The summed E-state index contributed by atoms with van der Waals surface area (Å²) in [6.45, 7) is 6.21. The molecule has 228 valence electrons. The Morgan fingerprint density at radius 2 is 1.98 bits per heavy atom. The monoisotopic (exact) mass is 619 g/mol. The van der Waals surface area contributed by atoms with E-state index in [0.717, 1.165) is 18.0 Å². The molecule has 3 aliphatic rings. The standard InChI is InChI=1S/C28H37N5O7S2/c1-19-16-32(11-12-33(19)25(34)10-13-38-2)17-22-15-29-28(41-22)30-27(35)26(31-40-21-9-14-39-18-21)20-3-5-23(6-4-20)42(36,37)24-7-8-24/h3-6,15,19,21,24H,7-14,16-18H2,1-2H3,(H,29,30,35)/t19-,21+/m0/s1. The molecule has 1 saturated carbocycles. The van der Waals surface area contributed by atoms with E-state index in [1.165, 1.54) is 23.5 Å². The second-order valence-corrected chi connectivity index (χ2v) is 14.1. The minimum absolute atomic E-state index is 0.0251. The Morgan fingerprint density at radius 3 is 2.64 bits per heavy atom. The lowest BCUT2D eigenvalue weighted by atomic mass is 10.1. The molecule has 1 aromatic carbocycles. The van der Waals surface area contributed by atoms with Crippen molar-refractivity contribution in [3.05, 3.63) is 40.9 Å². The highest BCUT2D eigenvalue weighted by Crippen LogP contribution is 2.33. The number of sulfone groups is 1. The third-order valence-electron chi connectivity index (χ3n) is 7.52. The van der Waals surface area contributed by atoms with Gasteiger partial charge in [-0.1, -0.05) is 17.3 Å². The summed E-state index contributed by atoms with van der Waals surface area (Å²) in [5.74, 6) is -0.405. The van der Waals surface area contributed by atoms with Gasteiger partial charge in [0, 0.05) is 62.4 Å². The molecule has 1 N–H and O–H groups in total. The van der Waals surface area contributed by atoms with E-state index >= 15 is 0 Å². The number of amides is 2. The lowest BCUT2D eigenvalue weighted by molar-refractivity contribution is -0.136. The number of anilines is 1. The molecule has 2 amide bonds. The zero-order valence-corrected chi connectivity index (χ0v) is 25.5. The molecule has 5 rings (SSSR count). The van der Waals surface area contributed by atoms with Crippen LogP contribution < -0.4 is 5.32 Å². The summed E-state index contributed by atoms with van der Waals surface area (Å²) < 4.78 is 35.6. The van der Waals surface area contributed by atoms with E-state index < -0.39 is 15.7 Å². The van der Waals surface area contributed by atoms with Crippen LogP contribution in [0.1, 0.15) is 43.0 Å². The topological polar surface area (TPSA) is 140 Å². The number of rotatable bonds is 12. The fraction of sp³-hybridized carbons (Fsp3) is 0.571. The lowest BCUT2D eigenvalue weighted by Gasteiger charge is -2.39. The quantitative estimate of drug-likeness (QED) is 0.280. The summed E-state index contributed by atoms with van der Waals surface area (Å²) in [5.41, 5.74) is 0.460. The first-order valence-corrected chi connectivity index (χ1v) is 16.5. The molecule has 2 aliphatic heterocycles. The van der Waals surface area contributed by atoms with E-state index in [1.807, 2.05) is 11.8 Å². The van der Waals surface area contributed by atoms with Crippen molar-refractivity contribution < 1.29 is 32.3 Å². The van der Waals surface area contributed by atoms with Gasteiger partial charge in [-0.3, -0.25) is 19.8 Å². The fourth-order valence-corrected chi connectivity index (χ4v) is 7.52. The minimum Gasteiger partial charge on any atom is -0.389 e. The third-order valence-corrected chi connectivity index (χ3v) is 10.7. The van der Waals surface area contributed by atoms with Gasteiger partial charge in [0.1, 0.15) is 0 Å². The van der Waals surface area contributed by atoms with E-state index in [1.54, 1.807) is 25.4 Å². The number of nitrogens with zero attached hydrogens (tertiary/aromatic N) is 4. The second-order valence-electron chi connectivity index (χ2n) is 10.8. The normalized spacial score (nSPS) is 21.9. The zero-order valence-electron chi connectivity index (χ0n) is 23.9. The first-order valence-electron chi connectivity index (χ1n) is 14.2. The molecule has 2 atom stereocenters. The molecule has 0 bridgehead atoms. The van der Waals surface area contributed by atoms with Crippen LogP contribution in [-0.2, 0) is 40.3 Å². The fourth-order valence-electron chi connectivity index (χ4n) is 5.02. The number of benzene rings is 1. The van der Waals surface area contributed by atoms with Crippen LogP contribution in [0.15, 0.2) is 40.5 Å².